The molecule has 0 bridgehead atoms. The van der Waals surface area contributed by atoms with Crippen LogP contribution in [0.25, 0.3) is 21.5 Å². The van der Waals surface area contributed by atoms with Crippen LogP contribution >= 0.6 is 0 Å². The SMILES string of the molecule is CC[Si](CC)(CC)c1ccc([C](=[Zr+2])c2ccc([Si](CC)(CC)CC)cc2)cc1.c1ccc2[cH-]ccc2c1.c1ccc2[cH-]ccc2c1. The molecule has 0 radical (unpaired) electrons. The maximum absolute atomic E-state index is 2.44. The Labute approximate surface area is 296 Å². The minimum Gasteiger partial charge on any atom is -0.168 e. The van der Waals surface area contributed by atoms with Crippen LogP contribution in [0.5, 0.6) is 0 Å². The van der Waals surface area contributed by atoms with Gasteiger partial charge in [0.2, 0.25) is 0 Å². The first-order valence-corrected chi connectivity index (χ1v) is 23.9. The standard InChI is InChI=1S/C25H38Si2.2C9H7.Zr/c1-7-26(8-2,9-3)24-17-13-22(14-18-24)21-23-15-19-25(20-16-23)27(10-4,11-5)12-6;2*1-2-5-9-7-3-6-8(9)4-1;/h13-20H,7-12H2,1-6H3;2*1-7H;/q;2*-1;+2. The van der Waals surface area contributed by atoms with E-state index in [-0.39, 0.29) is 0 Å². The van der Waals surface area contributed by atoms with E-state index >= 15 is 0 Å². The summed E-state index contributed by atoms with van der Waals surface area (Å²) < 4.78 is 1.49. The molecule has 0 N–H and O–H groups in total. The van der Waals surface area contributed by atoms with E-state index in [9.17, 15) is 0 Å². The van der Waals surface area contributed by atoms with Gasteiger partial charge in [-0.3, -0.25) is 0 Å². The number of hydrogen-bond donors (Lipinski definition) is 0. The summed E-state index contributed by atoms with van der Waals surface area (Å²) in [6.07, 6.45) is 0. The Bertz CT molecular complexity index is 1560. The van der Waals surface area contributed by atoms with E-state index < -0.39 is 16.1 Å². The Balaban J connectivity index is 0.000000211. The monoisotopic (exact) mass is 714 g/mol. The van der Waals surface area contributed by atoms with Gasteiger partial charge in [-0.1, -0.05) is 12.1 Å². The normalized spacial score (nSPS) is 11.5. The summed E-state index contributed by atoms with van der Waals surface area (Å²) in [5.74, 6) is 0. The minimum absolute atomic E-state index is 1.27. The van der Waals surface area contributed by atoms with Crippen molar-refractivity contribution in [1.82, 2.24) is 0 Å². The molecule has 0 amide bonds. The summed E-state index contributed by atoms with van der Waals surface area (Å²) in [6, 6.07) is 56.8. The zero-order chi connectivity index (χ0) is 33.0. The Morgan fingerprint density at radius 1 is 0.457 bits per heavy atom. The molecule has 236 valence electrons. The molecule has 0 heterocycles. The molecule has 0 nitrogen and oxygen atoms in total. The van der Waals surface area contributed by atoms with Gasteiger partial charge in [0.05, 0.1) is 0 Å². The van der Waals surface area contributed by atoms with Crippen molar-refractivity contribution >= 4 is 51.3 Å². The van der Waals surface area contributed by atoms with Crippen LogP contribution in [-0.2, 0) is 24.2 Å². The molecular weight excluding hydrogens is 664 g/mol. The van der Waals surface area contributed by atoms with Crippen LogP contribution < -0.4 is 10.4 Å². The molecule has 0 saturated carbocycles. The van der Waals surface area contributed by atoms with Crippen molar-refractivity contribution in [3.05, 3.63) is 145 Å². The summed E-state index contributed by atoms with van der Waals surface area (Å²) in [5, 5.41) is 8.62. The van der Waals surface area contributed by atoms with Crippen molar-refractivity contribution < 1.29 is 24.2 Å². The van der Waals surface area contributed by atoms with Crippen LogP contribution in [0.4, 0.5) is 0 Å². The van der Waals surface area contributed by atoms with Gasteiger partial charge in [0.1, 0.15) is 0 Å². The van der Waals surface area contributed by atoms with Gasteiger partial charge in [-0.2, -0.15) is 35.0 Å². The molecule has 0 unspecified atom stereocenters. The van der Waals surface area contributed by atoms with Gasteiger partial charge in [-0.05, 0) is 0 Å². The predicted octanol–water partition coefficient (Wildman–Crippen LogP) is 11.4. The first-order valence-electron chi connectivity index (χ1n) is 17.4. The van der Waals surface area contributed by atoms with E-state index in [2.05, 4.69) is 175 Å². The Morgan fingerprint density at radius 2 is 0.783 bits per heavy atom. The Hall–Kier alpha value is -2.71. The maximum atomic E-state index is 2.44. The van der Waals surface area contributed by atoms with Crippen molar-refractivity contribution in [3.63, 3.8) is 0 Å². The minimum atomic E-state index is -1.27. The largest absolute Gasteiger partial charge is 0.168 e. The summed E-state index contributed by atoms with van der Waals surface area (Å²) in [4.78, 5) is 0. The van der Waals surface area contributed by atoms with E-state index in [0.29, 0.717) is 0 Å². The second-order valence-electron chi connectivity index (χ2n) is 12.5. The van der Waals surface area contributed by atoms with Crippen molar-refractivity contribution in [2.75, 3.05) is 0 Å². The molecule has 0 aliphatic heterocycles. The molecule has 46 heavy (non-hydrogen) atoms. The van der Waals surface area contributed by atoms with Crippen LogP contribution in [0, 0.1) is 0 Å². The fourth-order valence-electron chi connectivity index (χ4n) is 7.01. The third kappa shape index (κ3) is 8.41. The van der Waals surface area contributed by atoms with Gasteiger partial charge in [-0.15, -0.1) is 59.3 Å². The third-order valence-electron chi connectivity index (χ3n) is 10.7. The fourth-order valence-corrected chi connectivity index (χ4v) is 15.0. The number of fused-ring (bicyclic) bond motifs is 2. The summed E-state index contributed by atoms with van der Waals surface area (Å²) >= 11 is 1.50. The fraction of sp³-hybridized carbons (Fsp3) is 0.279. The van der Waals surface area contributed by atoms with E-state index in [1.165, 1.54) is 96.4 Å². The topological polar surface area (TPSA) is 0 Å². The number of benzene rings is 4. The average Bonchev–Trinajstić information content (AvgIpc) is 3.81. The van der Waals surface area contributed by atoms with Crippen LogP contribution in [0.3, 0.4) is 0 Å². The second kappa shape index (κ2) is 17.4. The van der Waals surface area contributed by atoms with Gasteiger partial charge in [0.15, 0.2) is 0 Å². The molecule has 0 fully saturated rings. The Morgan fingerprint density at radius 3 is 1.09 bits per heavy atom. The van der Waals surface area contributed by atoms with Crippen molar-refractivity contribution in [2.45, 2.75) is 77.8 Å². The number of hydrogen-bond acceptors (Lipinski definition) is 0. The van der Waals surface area contributed by atoms with E-state index in [1.54, 1.807) is 10.4 Å². The summed E-state index contributed by atoms with van der Waals surface area (Å²) in [5.41, 5.74) is 2.82. The van der Waals surface area contributed by atoms with Crippen LogP contribution in [0.15, 0.2) is 133 Å². The van der Waals surface area contributed by atoms with Crippen molar-refractivity contribution in [1.29, 1.82) is 0 Å². The van der Waals surface area contributed by atoms with Gasteiger partial charge >= 0.3 is 191 Å². The van der Waals surface area contributed by atoms with E-state index in [4.69, 9.17) is 0 Å². The molecule has 0 atom stereocenters. The molecule has 6 aromatic rings. The zero-order valence-corrected chi connectivity index (χ0v) is 33.4. The summed E-state index contributed by atoms with van der Waals surface area (Å²) in [7, 11) is -2.54. The van der Waals surface area contributed by atoms with Gasteiger partial charge in [0.25, 0.3) is 0 Å². The van der Waals surface area contributed by atoms with Crippen LogP contribution in [0.2, 0.25) is 36.3 Å². The van der Waals surface area contributed by atoms with E-state index in [1.807, 2.05) is 0 Å². The molecule has 0 aliphatic carbocycles. The number of rotatable bonds is 10. The molecule has 3 heteroatoms. The van der Waals surface area contributed by atoms with Gasteiger partial charge in [0, 0.05) is 0 Å². The average molecular weight is 716 g/mol. The molecule has 6 rings (SSSR count). The summed E-state index contributed by atoms with van der Waals surface area (Å²) in [6.45, 7) is 14.3. The molecule has 0 aliphatic rings. The van der Waals surface area contributed by atoms with Crippen LogP contribution in [-0.4, -0.2) is 19.4 Å². The molecule has 0 aromatic heterocycles. The Kier molecular flexibility index (Phi) is 13.7. The van der Waals surface area contributed by atoms with E-state index in [0.717, 1.165) is 0 Å². The predicted molar refractivity (Wildman–Crippen MR) is 209 cm³/mol. The smallest absolute Gasteiger partial charge is 0.0809 e. The third-order valence-corrected chi connectivity index (χ3v) is 23.4. The van der Waals surface area contributed by atoms with Crippen molar-refractivity contribution in [2.24, 2.45) is 0 Å². The molecule has 0 spiro atoms. The maximum Gasteiger partial charge on any atom is -0.0809 e. The first-order chi connectivity index (χ1) is 22.4. The first kappa shape index (κ1) is 36.1. The molecule has 0 saturated heterocycles. The molecule has 6 aromatic carbocycles. The molecular formula is C43H52Si2Zr. The quantitative estimate of drug-likeness (QED) is 0.0978. The van der Waals surface area contributed by atoms with Gasteiger partial charge < -0.3 is 0 Å². The van der Waals surface area contributed by atoms with Gasteiger partial charge in [-0.25, -0.2) is 0 Å². The second-order valence-corrected chi connectivity index (χ2v) is 24.3. The zero-order valence-electron chi connectivity index (χ0n) is 28.9. The van der Waals surface area contributed by atoms with Crippen LogP contribution in [0.1, 0.15) is 52.7 Å². The van der Waals surface area contributed by atoms with Crippen molar-refractivity contribution in [3.8, 4) is 0 Å².